The molecule has 0 N–H and O–H groups in total. The molecule has 1 aliphatic carbocycles. The summed E-state index contributed by atoms with van der Waals surface area (Å²) in [6.07, 6.45) is 5.02. The van der Waals surface area contributed by atoms with E-state index in [0.717, 1.165) is 12.8 Å². The molecule has 1 saturated carbocycles. The van der Waals surface area contributed by atoms with Gasteiger partial charge in [-0.1, -0.05) is 12.8 Å². The van der Waals surface area contributed by atoms with Crippen molar-refractivity contribution in [2.45, 2.75) is 37.9 Å². The van der Waals surface area contributed by atoms with Crippen molar-refractivity contribution < 1.29 is 23.7 Å². The quantitative estimate of drug-likeness (QED) is 0.537. The second kappa shape index (κ2) is 11.6. The molecule has 5 heteroatoms. The van der Waals surface area contributed by atoms with Gasteiger partial charge in [0.1, 0.15) is 0 Å². The van der Waals surface area contributed by atoms with Crippen LogP contribution in [0.3, 0.4) is 0 Å². The molecule has 0 saturated heterocycles. The van der Waals surface area contributed by atoms with E-state index in [-0.39, 0.29) is 12.2 Å². The molecule has 1 aliphatic rings. The van der Waals surface area contributed by atoms with Gasteiger partial charge in [0.05, 0.1) is 51.8 Å². The number of methoxy groups -OCH3 is 2. The molecular formula is C14H28O5. The summed E-state index contributed by atoms with van der Waals surface area (Å²) < 4.78 is 27.0. The lowest BCUT2D eigenvalue weighted by molar-refractivity contribution is -0.108. The minimum atomic E-state index is 0.205. The Morgan fingerprint density at radius 1 is 0.684 bits per heavy atom. The first-order valence-electron chi connectivity index (χ1n) is 7.17. The first-order chi connectivity index (χ1) is 9.38. The maximum absolute atomic E-state index is 5.87. The molecular weight excluding hydrogens is 248 g/mol. The zero-order valence-corrected chi connectivity index (χ0v) is 12.3. The van der Waals surface area contributed by atoms with Crippen LogP contribution in [-0.4, -0.2) is 66.1 Å². The van der Waals surface area contributed by atoms with Crippen LogP contribution in [0, 0.1) is 0 Å². The van der Waals surface area contributed by atoms with E-state index in [9.17, 15) is 0 Å². The normalized spacial score (nSPS) is 23.7. The minimum Gasteiger partial charge on any atom is -0.382 e. The van der Waals surface area contributed by atoms with Crippen molar-refractivity contribution in [2.24, 2.45) is 0 Å². The van der Waals surface area contributed by atoms with Crippen LogP contribution in [0.2, 0.25) is 0 Å². The van der Waals surface area contributed by atoms with Gasteiger partial charge in [0.2, 0.25) is 0 Å². The summed E-state index contributed by atoms with van der Waals surface area (Å²) in [5.41, 5.74) is 0. The lowest BCUT2D eigenvalue weighted by Crippen LogP contribution is -2.36. The van der Waals surface area contributed by atoms with Crippen LogP contribution in [0.5, 0.6) is 0 Å². The van der Waals surface area contributed by atoms with Crippen LogP contribution in [0.25, 0.3) is 0 Å². The van der Waals surface area contributed by atoms with E-state index in [4.69, 9.17) is 23.7 Å². The Hall–Kier alpha value is -0.200. The summed E-state index contributed by atoms with van der Waals surface area (Å²) in [7, 11) is 3.36. The van der Waals surface area contributed by atoms with Gasteiger partial charge in [0, 0.05) is 14.2 Å². The molecule has 0 radical (unpaired) electrons. The standard InChI is InChI=1S/C14H28O5/c1-15-7-9-17-10-12-19-14-6-4-3-5-13(14)18-11-8-16-2/h13-14H,3-12H2,1-2H3/t13-,14-/m1/s1. The zero-order chi connectivity index (χ0) is 13.8. The lowest BCUT2D eigenvalue weighted by atomic mass is 9.94. The maximum atomic E-state index is 5.87. The van der Waals surface area contributed by atoms with E-state index in [1.165, 1.54) is 12.8 Å². The first-order valence-corrected chi connectivity index (χ1v) is 7.17. The average molecular weight is 276 g/mol. The van der Waals surface area contributed by atoms with Crippen LogP contribution in [-0.2, 0) is 23.7 Å². The molecule has 0 spiro atoms. The predicted molar refractivity (Wildman–Crippen MR) is 72.5 cm³/mol. The Labute approximate surface area is 116 Å². The molecule has 0 aromatic heterocycles. The highest BCUT2D eigenvalue weighted by atomic mass is 16.6. The van der Waals surface area contributed by atoms with Crippen molar-refractivity contribution in [1.29, 1.82) is 0 Å². The molecule has 0 amide bonds. The average Bonchev–Trinajstić information content (AvgIpc) is 2.44. The van der Waals surface area contributed by atoms with Crippen molar-refractivity contribution in [3.05, 3.63) is 0 Å². The summed E-state index contributed by atoms with van der Waals surface area (Å²) in [4.78, 5) is 0. The third-order valence-electron chi connectivity index (χ3n) is 3.25. The third-order valence-corrected chi connectivity index (χ3v) is 3.25. The fourth-order valence-corrected chi connectivity index (χ4v) is 2.23. The van der Waals surface area contributed by atoms with Crippen molar-refractivity contribution in [1.82, 2.24) is 0 Å². The third kappa shape index (κ3) is 7.84. The summed E-state index contributed by atoms with van der Waals surface area (Å²) in [6, 6.07) is 0. The highest BCUT2D eigenvalue weighted by molar-refractivity contribution is 4.76. The van der Waals surface area contributed by atoms with Gasteiger partial charge in [-0.15, -0.1) is 0 Å². The highest BCUT2D eigenvalue weighted by Crippen LogP contribution is 2.23. The van der Waals surface area contributed by atoms with Gasteiger partial charge in [-0.05, 0) is 12.8 Å². The molecule has 0 aromatic rings. The topological polar surface area (TPSA) is 46.2 Å². The molecule has 0 heterocycles. The Kier molecular flexibility index (Phi) is 10.3. The smallest absolute Gasteiger partial charge is 0.0837 e. The molecule has 5 nitrogen and oxygen atoms in total. The fraction of sp³-hybridized carbons (Fsp3) is 1.00. The highest BCUT2D eigenvalue weighted by Gasteiger charge is 2.26. The minimum absolute atomic E-state index is 0.205. The Bertz CT molecular complexity index is 200. The Morgan fingerprint density at radius 3 is 1.74 bits per heavy atom. The second-order valence-electron chi connectivity index (χ2n) is 4.70. The SMILES string of the molecule is COCCOCCO[C@@H]1CCCC[C@H]1OCCOC. The molecule has 1 fully saturated rings. The van der Waals surface area contributed by atoms with Crippen LogP contribution < -0.4 is 0 Å². The summed E-state index contributed by atoms with van der Waals surface area (Å²) in [6.45, 7) is 3.78. The van der Waals surface area contributed by atoms with Crippen LogP contribution in [0.4, 0.5) is 0 Å². The molecule has 114 valence electrons. The number of ether oxygens (including phenoxy) is 5. The summed E-state index contributed by atoms with van der Waals surface area (Å²) in [5.74, 6) is 0. The van der Waals surface area contributed by atoms with E-state index >= 15 is 0 Å². The molecule has 19 heavy (non-hydrogen) atoms. The largest absolute Gasteiger partial charge is 0.382 e. The van der Waals surface area contributed by atoms with Crippen molar-refractivity contribution in [3.63, 3.8) is 0 Å². The van der Waals surface area contributed by atoms with Crippen LogP contribution in [0.15, 0.2) is 0 Å². The predicted octanol–water partition coefficient (Wildman–Crippen LogP) is 1.64. The fourth-order valence-electron chi connectivity index (χ4n) is 2.23. The van der Waals surface area contributed by atoms with E-state index in [1.54, 1.807) is 14.2 Å². The zero-order valence-electron chi connectivity index (χ0n) is 12.3. The number of rotatable bonds is 11. The van der Waals surface area contributed by atoms with Gasteiger partial charge in [-0.3, -0.25) is 0 Å². The summed E-state index contributed by atoms with van der Waals surface area (Å²) in [5, 5.41) is 0. The van der Waals surface area contributed by atoms with E-state index < -0.39 is 0 Å². The number of hydrogen-bond donors (Lipinski definition) is 0. The van der Waals surface area contributed by atoms with Gasteiger partial charge < -0.3 is 23.7 Å². The van der Waals surface area contributed by atoms with Crippen molar-refractivity contribution in [2.75, 3.05) is 53.9 Å². The van der Waals surface area contributed by atoms with Gasteiger partial charge in [-0.25, -0.2) is 0 Å². The van der Waals surface area contributed by atoms with E-state index in [0.29, 0.717) is 39.6 Å². The van der Waals surface area contributed by atoms with Gasteiger partial charge >= 0.3 is 0 Å². The van der Waals surface area contributed by atoms with Crippen LogP contribution >= 0.6 is 0 Å². The summed E-state index contributed by atoms with van der Waals surface area (Å²) >= 11 is 0. The van der Waals surface area contributed by atoms with Gasteiger partial charge in [0.15, 0.2) is 0 Å². The Morgan fingerprint density at radius 2 is 1.16 bits per heavy atom. The van der Waals surface area contributed by atoms with Crippen molar-refractivity contribution >= 4 is 0 Å². The first kappa shape index (κ1) is 16.9. The maximum Gasteiger partial charge on any atom is 0.0837 e. The molecule has 2 atom stereocenters. The second-order valence-corrected chi connectivity index (χ2v) is 4.70. The van der Waals surface area contributed by atoms with E-state index in [2.05, 4.69) is 0 Å². The van der Waals surface area contributed by atoms with Gasteiger partial charge in [0.25, 0.3) is 0 Å². The number of hydrogen-bond acceptors (Lipinski definition) is 5. The van der Waals surface area contributed by atoms with E-state index in [1.807, 2.05) is 0 Å². The van der Waals surface area contributed by atoms with Crippen molar-refractivity contribution in [3.8, 4) is 0 Å². The van der Waals surface area contributed by atoms with Gasteiger partial charge in [-0.2, -0.15) is 0 Å². The Balaban J connectivity index is 2.09. The molecule has 1 rings (SSSR count). The molecule has 0 aromatic carbocycles. The molecule has 0 aliphatic heterocycles. The monoisotopic (exact) mass is 276 g/mol. The lowest BCUT2D eigenvalue weighted by Gasteiger charge is -2.31. The molecule has 0 bridgehead atoms. The molecule has 0 unspecified atom stereocenters. The van der Waals surface area contributed by atoms with Crippen LogP contribution in [0.1, 0.15) is 25.7 Å².